The second kappa shape index (κ2) is 16.2. The van der Waals surface area contributed by atoms with Gasteiger partial charge in [0.2, 0.25) is 0 Å². The Morgan fingerprint density at radius 2 is 0.735 bits per heavy atom. The number of hydrogen-bond acceptors (Lipinski definition) is 6. The number of hydrogen-bond donors (Lipinski definition) is 0. The Morgan fingerprint density at radius 1 is 0.253 bits per heavy atom. The second-order valence-electron chi connectivity index (χ2n) is 23.3. The van der Waals surface area contributed by atoms with Crippen LogP contribution in [0.25, 0.3) is 0 Å². The fourth-order valence-electron chi connectivity index (χ4n) is 16.2. The molecule has 12 aromatic carbocycles. The van der Waals surface area contributed by atoms with Crippen LogP contribution < -0.4 is 94.5 Å². The molecule has 20 rings (SSSR count). The average molecular weight is 1050 g/mol. The van der Waals surface area contributed by atoms with Gasteiger partial charge < -0.3 is 28.9 Å². The smallest absolute Gasteiger partial charge is 0.256 e. The second-order valence-corrected chi connectivity index (χ2v) is 23.3. The number of nitrogens with zero attached hydrogens (tertiary/aromatic N) is 3. The Bertz CT molecular complexity index is 4860. The van der Waals surface area contributed by atoms with Crippen LogP contribution in [-0.2, 0) is 0 Å². The summed E-state index contributed by atoms with van der Waals surface area (Å²) in [6.07, 6.45) is 0. The predicted molar refractivity (Wildman–Crippen MR) is 342 cm³/mol. The van der Waals surface area contributed by atoms with E-state index in [9.17, 15) is 0 Å². The minimum Gasteiger partial charge on any atom is -0.458 e. The van der Waals surface area contributed by atoms with Crippen molar-refractivity contribution in [3.05, 3.63) is 271 Å². The molecule has 8 heterocycles. The first-order valence-corrected chi connectivity index (χ1v) is 29.0. The molecule has 380 valence electrons. The maximum absolute atomic E-state index is 7.77. The summed E-state index contributed by atoms with van der Waals surface area (Å²) in [4.78, 5) is 7.60. The summed E-state index contributed by atoms with van der Waals surface area (Å²) in [6, 6.07) is 94.2. The van der Waals surface area contributed by atoms with E-state index in [4.69, 9.17) is 14.2 Å². The van der Waals surface area contributed by atoms with Crippen LogP contribution in [0.1, 0.15) is 22.6 Å². The van der Waals surface area contributed by atoms with Crippen molar-refractivity contribution < 1.29 is 14.2 Å². The molecule has 10 heteroatoms. The van der Waals surface area contributed by atoms with Crippen LogP contribution in [0.3, 0.4) is 0 Å². The zero-order valence-corrected chi connectivity index (χ0v) is 44.7. The van der Waals surface area contributed by atoms with Crippen molar-refractivity contribution in [3.8, 4) is 34.5 Å². The molecule has 1 unspecified atom stereocenters. The van der Waals surface area contributed by atoms with Crippen LogP contribution in [0.2, 0.25) is 0 Å². The summed E-state index contributed by atoms with van der Waals surface area (Å²) < 4.78 is 21.5. The SMILES string of the molecule is c1ccc(C2c3cc4c(cc3B3c5ccccc5Oc5cccc2c53)B2c3ccccc3N3c5ccccc5B5c6cc7c(cc6N(c6ccccc6)c6cc(c2c3c65)O4)N(c2ccccc2)c2cccc3c2B7c2ccccc2O3)cc1. The first-order valence-electron chi connectivity index (χ1n) is 29.0. The third-order valence-electron chi connectivity index (χ3n) is 19.3. The molecule has 0 fully saturated rings. The Hall–Kier alpha value is -10.3. The zero-order valence-electron chi connectivity index (χ0n) is 44.7. The van der Waals surface area contributed by atoms with E-state index in [0.717, 1.165) is 68.6 Å². The lowest BCUT2D eigenvalue weighted by atomic mass is 9.27. The molecule has 0 aliphatic carbocycles. The number of para-hydroxylation sites is 6. The van der Waals surface area contributed by atoms with E-state index < -0.39 is 0 Å². The molecule has 0 amide bonds. The molecule has 0 saturated heterocycles. The summed E-state index contributed by atoms with van der Waals surface area (Å²) in [7, 11) is 0. The minimum absolute atomic E-state index is 0.0355. The molecule has 8 aliphatic rings. The molecule has 0 bridgehead atoms. The Balaban J connectivity index is 0.879. The summed E-state index contributed by atoms with van der Waals surface area (Å²) in [5.74, 6) is 5.37. The molecule has 12 aromatic rings. The molecular formula is C73H43B4N3O3. The highest BCUT2D eigenvalue weighted by Gasteiger charge is 2.54. The molecule has 83 heavy (non-hydrogen) atoms. The first-order chi connectivity index (χ1) is 41.2. The van der Waals surface area contributed by atoms with Crippen molar-refractivity contribution in [1.29, 1.82) is 0 Å². The molecule has 0 radical (unpaired) electrons. The highest BCUT2D eigenvalue weighted by molar-refractivity contribution is 7.06. The van der Waals surface area contributed by atoms with E-state index >= 15 is 0 Å². The van der Waals surface area contributed by atoms with Crippen molar-refractivity contribution in [3.63, 3.8) is 0 Å². The normalized spacial score (nSPS) is 15.5. The Labute approximate surface area is 481 Å². The maximum Gasteiger partial charge on any atom is 0.256 e. The van der Waals surface area contributed by atoms with Gasteiger partial charge in [-0.05, 0) is 156 Å². The number of ether oxygens (including phenoxy) is 3. The largest absolute Gasteiger partial charge is 0.458 e. The van der Waals surface area contributed by atoms with Gasteiger partial charge >= 0.3 is 0 Å². The summed E-state index contributed by atoms with van der Waals surface area (Å²) in [6.45, 7) is -0.380. The van der Waals surface area contributed by atoms with Gasteiger partial charge in [-0.1, -0.05) is 175 Å². The highest BCUT2D eigenvalue weighted by Crippen LogP contribution is 2.51. The maximum atomic E-state index is 7.77. The Morgan fingerprint density at radius 3 is 1.40 bits per heavy atom. The van der Waals surface area contributed by atoms with Gasteiger partial charge in [-0.25, -0.2) is 0 Å². The van der Waals surface area contributed by atoms with Gasteiger partial charge in [-0.15, -0.1) is 0 Å². The topological polar surface area (TPSA) is 37.4 Å². The van der Waals surface area contributed by atoms with Crippen molar-refractivity contribution >= 4 is 144 Å². The van der Waals surface area contributed by atoms with Crippen molar-refractivity contribution in [2.75, 3.05) is 14.7 Å². The molecule has 0 aromatic heterocycles. The van der Waals surface area contributed by atoms with Crippen LogP contribution in [0, 0.1) is 0 Å². The van der Waals surface area contributed by atoms with Gasteiger partial charge in [-0.2, -0.15) is 0 Å². The summed E-state index contributed by atoms with van der Waals surface area (Å²) in [5, 5.41) is 0. The molecule has 0 N–H and O–H groups in total. The van der Waals surface area contributed by atoms with Gasteiger partial charge in [0.15, 0.2) is 0 Å². The van der Waals surface area contributed by atoms with Crippen molar-refractivity contribution in [2.45, 2.75) is 5.92 Å². The Kier molecular flexibility index (Phi) is 8.68. The molecular weight excluding hydrogens is 1010 g/mol. The molecule has 6 nitrogen and oxygen atoms in total. The molecule has 1 atom stereocenters. The van der Waals surface area contributed by atoms with Crippen LogP contribution in [0.15, 0.2) is 255 Å². The lowest BCUT2D eigenvalue weighted by molar-refractivity contribution is 0.485. The summed E-state index contributed by atoms with van der Waals surface area (Å²) >= 11 is 0. The van der Waals surface area contributed by atoms with Crippen LogP contribution in [-0.4, -0.2) is 26.9 Å². The molecule has 0 saturated carbocycles. The van der Waals surface area contributed by atoms with E-state index in [1.54, 1.807) is 0 Å². The minimum atomic E-state index is -0.136. The molecule has 0 spiro atoms. The number of anilines is 9. The third kappa shape index (κ3) is 5.77. The number of fused-ring (bicyclic) bond motifs is 18. The average Bonchev–Trinajstić information content (AvgIpc) is 3.55. The van der Waals surface area contributed by atoms with Crippen LogP contribution in [0.5, 0.6) is 34.5 Å². The van der Waals surface area contributed by atoms with E-state index in [1.807, 2.05) is 0 Å². The van der Waals surface area contributed by atoms with Crippen LogP contribution in [0.4, 0.5) is 51.2 Å². The lowest BCUT2D eigenvalue weighted by Crippen LogP contribution is -2.69. The van der Waals surface area contributed by atoms with E-state index in [-0.39, 0.29) is 32.8 Å². The third-order valence-corrected chi connectivity index (χ3v) is 19.3. The highest BCUT2D eigenvalue weighted by atomic mass is 16.5. The fraction of sp³-hybridized carbons (Fsp3) is 0.0137. The van der Waals surface area contributed by atoms with Gasteiger partial charge in [0.25, 0.3) is 26.9 Å². The predicted octanol–water partition coefficient (Wildman–Crippen LogP) is 9.23. The fourth-order valence-corrected chi connectivity index (χ4v) is 16.2. The van der Waals surface area contributed by atoms with Gasteiger partial charge in [0.05, 0.1) is 0 Å². The number of rotatable bonds is 3. The van der Waals surface area contributed by atoms with Gasteiger partial charge in [-0.3, -0.25) is 0 Å². The van der Waals surface area contributed by atoms with Crippen molar-refractivity contribution in [1.82, 2.24) is 0 Å². The lowest BCUT2D eigenvalue weighted by Gasteiger charge is -2.50. The zero-order chi connectivity index (χ0) is 53.8. The standard InChI is InChI=1S/C73H43B4N3O3/c1-4-20-43(21-5-1)68-46-26-18-36-64-69(46)76(50-29-12-16-34-62(50)81-64)52-39-55-66(38-47(52)68)83-67-42-61-71-73-72(67)75(55)49-28-11-15-32-57(49)80(73)56-31-14-10-27-48(56)74(71)53-40-54-59(41-60(53)79(61)45-24-8-3-9-25-45)78(44-22-6-2-7-23-44)58-33-19-37-65-70(58)77(54)51-30-13-17-35-63(51)82-65/h1-42,68H. The van der Waals surface area contributed by atoms with Gasteiger partial charge in [0.1, 0.15) is 34.5 Å². The van der Waals surface area contributed by atoms with E-state index in [2.05, 4.69) is 269 Å². The van der Waals surface area contributed by atoms with E-state index in [1.165, 1.54) is 99.3 Å². The van der Waals surface area contributed by atoms with Gasteiger partial charge in [0, 0.05) is 63.2 Å². The van der Waals surface area contributed by atoms with Crippen LogP contribution >= 0.6 is 0 Å². The quantitative estimate of drug-likeness (QED) is 0.165. The molecule has 8 aliphatic heterocycles. The monoisotopic (exact) mass is 1050 g/mol. The van der Waals surface area contributed by atoms with E-state index in [0.29, 0.717) is 0 Å². The number of benzene rings is 12. The summed E-state index contributed by atoms with van der Waals surface area (Å²) in [5.41, 5.74) is 28.9. The first kappa shape index (κ1) is 44.4. The van der Waals surface area contributed by atoms with Crippen molar-refractivity contribution in [2.24, 2.45) is 0 Å².